The first kappa shape index (κ1) is 18.9. The molecule has 0 aliphatic rings. The van der Waals surface area contributed by atoms with Gasteiger partial charge in [0.05, 0.1) is 18.2 Å². The van der Waals surface area contributed by atoms with Gasteiger partial charge < -0.3 is 9.84 Å². The molecule has 0 unspecified atom stereocenters. The summed E-state index contributed by atoms with van der Waals surface area (Å²) in [6.45, 7) is 0. The van der Waals surface area contributed by atoms with Crippen molar-refractivity contribution in [3.8, 4) is 11.6 Å². The van der Waals surface area contributed by atoms with Gasteiger partial charge in [-0.25, -0.2) is 9.78 Å². The second kappa shape index (κ2) is 8.68. The van der Waals surface area contributed by atoms with Gasteiger partial charge in [-0.1, -0.05) is 36.4 Å². The van der Waals surface area contributed by atoms with E-state index in [1.165, 1.54) is 18.6 Å². The highest BCUT2D eigenvalue weighted by molar-refractivity contribution is 6.37. The third-order valence-electron chi connectivity index (χ3n) is 3.91. The number of carbonyl (C=O) groups excluding carboxylic acids is 2. The molecule has 0 radical (unpaired) electrons. The van der Waals surface area contributed by atoms with E-state index in [1.54, 1.807) is 18.2 Å². The van der Waals surface area contributed by atoms with E-state index < -0.39 is 24.0 Å². The number of carbonyl (C=O) groups is 3. The number of nitrogens with zero attached hydrogens (tertiary/aromatic N) is 2. The molecule has 0 spiro atoms. The fraction of sp³-hybridized carbons (Fsp3) is 0.0952. The van der Waals surface area contributed by atoms with Gasteiger partial charge in [-0.3, -0.25) is 14.6 Å². The summed E-state index contributed by atoms with van der Waals surface area (Å²) < 4.78 is 5.62. The Morgan fingerprint density at radius 2 is 1.75 bits per heavy atom. The Labute approximate surface area is 160 Å². The predicted octanol–water partition coefficient (Wildman–Crippen LogP) is 3.09. The zero-order valence-electron chi connectivity index (χ0n) is 14.7. The summed E-state index contributed by atoms with van der Waals surface area (Å²) in [5, 5.41) is 8.78. The summed E-state index contributed by atoms with van der Waals surface area (Å²) >= 11 is 0. The van der Waals surface area contributed by atoms with Gasteiger partial charge in [0.15, 0.2) is 5.78 Å². The number of carboxylic acid groups (broad SMARTS) is 1. The third kappa shape index (κ3) is 4.85. The summed E-state index contributed by atoms with van der Waals surface area (Å²) in [4.78, 5) is 42.8. The number of Topliss-reactive ketones (excluding diaryl/α,β-unsaturated/α-hetero) is 2. The van der Waals surface area contributed by atoms with Crippen LogP contribution in [0.3, 0.4) is 0 Å². The molecule has 3 aromatic rings. The van der Waals surface area contributed by atoms with Crippen molar-refractivity contribution >= 4 is 17.5 Å². The number of aliphatic carboxylic acids is 1. The molecule has 0 aliphatic heterocycles. The van der Waals surface area contributed by atoms with E-state index in [0.29, 0.717) is 6.42 Å². The summed E-state index contributed by atoms with van der Waals surface area (Å²) in [5.41, 5.74) is 1.99. The van der Waals surface area contributed by atoms with Crippen molar-refractivity contribution in [1.29, 1.82) is 0 Å². The fourth-order valence-corrected chi connectivity index (χ4v) is 2.59. The maximum atomic E-state index is 12.6. The summed E-state index contributed by atoms with van der Waals surface area (Å²) in [6, 6.07) is 14.7. The number of hydrogen-bond donors (Lipinski definition) is 1. The Hall–Kier alpha value is -3.87. The summed E-state index contributed by atoms with van der Waals surface area (Å²) in [5.74, 6) is -3.10. The van der Waals surface area contributed by atoms with E-state index in [9.17, 15) is 14.4 Å². The van der Waals surface area contributed by atoms with Crippen LogP contribution in [-0.2, 0) is 16.0 Å². The zero-order chi connectivity index (χ0) is 19.9. The van der Waals surface area contributed by atoms with Gasteiger partial charge in [-0.15, -0.1) is 0 Å². The van der Waals surface area contributed by atoms with Gasteiger partial charge in [-0.05, 0) is 29.7 Å². The maximum Gasteiger partial charge on any atom is 0.372 e. The molecule has 28 heavy (non-hydrogen) atoms. The quantitative estimate of drug-likeness (QED) is 0.366. The van der Waals surface area contributed by atoms with Crippen LogP contribution in [0.4, 0.5) is 0 Å². The number of ketones is 2. The first-order valence-electron chi connectivity index (χ1n) is 8.43. The summed E-state index contributed by atoms with van der Waals surface area (Å²) in [7, 11) is 0. The lowest BCUT2D eigenvalue weighted by molar-refractivity contribution is -0.148. The minimum absolute atomic E-state index is 0.119. The van der Waals surface area contributed by atoms with Crippen molar-refractivity contribution in [1.82, 2.24) is 9.97 Å². The minimum Gasteiger partial charge on any atom is -0.475 e. The number of carboxylic acids is 1. The molecule has 0 saturated carbocycles. The highest BCUT2D eigenvalue weighted by Crippen LogP contribution is 2.27. The lowest BCUT2D eigenvalue weighted by atomic mass is 9.98. The summed E-state index contributed by atoms with van der Waals surface area (Å²) in [6.07, 6.45) is 4.12. The van der Waals surface area contributed by atoms with Crippen LogP contribution in [0.5, 0.6) is 11.6 Å². The smallest absolute Gasteiger partial charge is 0.372 e. The normalized spacial score (nSPS) is 10.3. The van der Waals surface area contributed by atoms with Crippen LogP contribution in [0.15, 0.2) is 67.1 Å². The first-order valence-corrected chi connectivity index (χ1v) is 8.43. The topological polar surface area (TPSA) is 106 Å². The number of ether oxygens (including phenoxy) is 1. The molecule has 3 rings (SSSR count). The fourth-order valence-electron chi connectivity index (χ4n) is 2.59. The molecule has 1 heterocycles. The van der Waals surface area contributed by atoms with E-state index in [0.717, 1.165) is 11.1 Å². The second-order valence-corrected chi connectivity index (χ2v) is 5.97. The Kier molecular flexibility index (Phi) is 5.86. The lowest BCUT2D eigenvalue weighted by Gasteiger charge is -2.11. The molecule has 0 fully saturated rings. The molecule has 1 N–H and O–H groups in total. The average molecular weight is 376 g/mol. The highest BCUT2D eigenvalue weighted by atomic mass is 16.5. The molecule has 0 saturated heterocycles. The molecule has 7 nitrogen and oxygen atoms in total. The van der Waals surface area contributed by atoms with E-state index in [2.05, 4.69) is 9.97 Å². The highest BCUT2D eigenvalue weighted by Gasteiger charge is 2.21. The lowest BCUT2D eigenvalue weighted by Crippen LogP contribution is -2.17. The van der Waals surface area contributed by atoms with Crippen molar-refractivity contribution in [2.24, 2.45) is 0 Å². The molecule has 0 amide bonds. The Balaban J connectivity index is 1.92. The van der Waals surface area contributed by atoms with Gasteiger partial charge >= 0.3 is 5.97 Å². The molecule has 0 bridgehead atoms. The van der Waals surface area contributed by atoms with E-state index >= 15 is 0 Å². The third-order valence-corrected chi connectivity index (χ3v) is 3.91. The van der Waals surface area contributed by atoms with Crippen LogP contribution in [-0.4, -0.2) is 32.6 Å². The Morgan fingerprint density at radius 1 is 0.964 bits per heavy atom. The number of aromatic nitrogens is 2. The van der Waals surface area contributed by atoms with Crippen LogP contribution in [0.1, 0.15) is 27.9 Å². The van der Waals surface area contributed by atoms with Crippen LogP contribution >= 0.6 is 0 Å². The zero-order valence-corrected chi connectivity index (χ0v) is 14.7. The van der Waals surface area contributed by atoms with Crippen LogP contribution in [0.25, 0.3) is 0 Å². The van der Waals surface area contributed by atoms with Crippen molar-refractivity contribution in [2.45, 2.75) is 12.8 Å². The number of rotatable bonds is 8. The molecule has 1 aromatic heterocycles. The maximum absolute atomic E-state index is 12.6. The van der Waals surface area contributed by atoms with E-state index in [-0.39, 0.29) is 17.2 Å². The average Bonchev–Trinajstić information content (AvgIpc) is 2.70. The monoisotopic (exact) mass is 376 g/mol. The molecule has 140 valence electrons. The van der Waals surface area contributed by atoms with E-state index in [4.69, 9.17) is 9.84 Å². The van der Waals surface area contributed by atoms with Crippen LogP contribution in [0.2, 0.25) is 0 Å². The van der Waals surface area contributed by atoms with Crippen molar-refractivity contribution in [3.63, 3.8) is 0 Å². The predicted molar refractivity (Wildman–Crippen MR) is 99.4 cm³/mol. The first-order chi connectivity index (χ1) is 13.5. The Morgan fingerprint density at radius 3 is 2.43 bits per heavy atom. The van der Waals surface area contributed by atoms with Crippen LogP contribution in [0, 0.1) is 0 Å². The Bertz CT molecular complexity index is 1000. The largest absolute Gasteiger partial charge is 0.475 e. The second-order valence-electron chi connectivity index (χ2n) is 5.97. The molecular formula is C21H16N2O5. The molecular weight excluding hydrogens is 360 g/mol. The molecule has 0 atom stereocenters. The number of benzene rings is 2. The van der Waals surface area contributed by atoms with Gasteiger partial charge in [0.2, 0.25) is 11.7 Å². The number of hydrogen-bond acceptors (Lipinski definition) is 6. The van der Waals surface area contributed by atoms with E-state index in [1.807, 2.05) is 30.3 Å². The molecule has 0 aliphatic carbocycles. The van der Waals surface area contributed by atoms with Gasteiger partial charge in [0.25, 0.3) is 0 Å². The van der Waals surface area contributed by atoms with Crippen LogP contribution < -0.4 is 4.74 Å². The van der Waals surface area contributed by atoms with Crippen molar-refractivity contribution in [3.05, 3.63) is 83.8 Å². The van der Waals surface area contributed by atoms with Gasteiger partial charge in [0.1, 0.15) is 5.75 Å². The van der Waals surface area contributed by atoms with Gasteiger partial charge in [0, 0.05) is 12.4 Å². The van der Waals surface area contributed by atoms with Gasteiger partial charge in [-0.2, -0.15) is 0 Å². The SMILES string of the molecule is O=C(O)C(=O)CC(=O)c1cc(Cc2ccccc2)ccc1Oc1cnccn1. The minimum atomic E-state index is -1.65. The van der Waals surface area contributed by atoms with Crippen molar-refractivity contribution < 1.29 is 24.2 Å². The standard InChI is InChI=1S/C21H16N2O5/c24-17(12-18(25)21(26)27)16-11-15(10-14-4-2-1-3-5-14)6-7-19(16)28-20-13-22-8-9-23-20/h1-9,11,13H,10,12H2,(H,26,27). The molecule has 2 aromatic carbocycles. The molecule has 7 heteroatoms. The van der Waals surface area contributed by atoms with Crippen molar-refractivity contribution in [2.75, 3.05) is 0 Å².